The number of carbonyl (C=O) groups is 1. The molecule has 1 aliphatic rings. The number of ketones is 1. The van der Waals surface area contributed by atoms with E-state index in [2.05, 4.69) is 0 Å². The Bertz CT molecular complexity index is 405. The fourth-order valence-corrected chi connectivity index (χ4v) is 1.84. The van der Waals surface area contributed by atoms with Crippen LogP contribution in [0, 0.1) is 0 Å². The Morgan fingerprint density at radius 2 is 2.27 bits per heavy atom. The van der Waals surface area contributed by atoms with E-state index in [1.165, 1.54) is 5.56 Å². The van der Waals surface area contributed by atoms with Crippen molar-refractivity contribution in [1.82, 2.24) is 0 Å². The van der Waals surface area contributed by atoms with E-state index in [9.17, 15) is 4.79 Å². The van der Waals surface area contributed by atoms with Crippen LogP contribution in [0.1, 0.15) is 27.9 Å². The van der Waals surface area contributed by atoms with E-state index in [-0.39, 0.29) is 5.78 Å². The fourth-order valence-electron chi connectivity index (χ4n) is 1.84. The van der Waals surface area contributed by atoms with Crippen molar-refractivity contribution in [3.8, 4) is 0 Å². The number of fused-ring (bicyclic) bond motifs is 1. The molecule has 2 rings (SSSR count). The van der Waals surface area contributed by atoms with E-state index in [0.717, 1.165) is 17.5 Å². The number of methoxy groups -OCH3 is 1. The van der Waals surface area contributed by atoms with Gasteiger partial charge in [0.25, 0.3) is 0 Å². The highest BCUT2D eigenvalue weighted by Gasteiger charge is 2.18. The summed E-state index contributed by atoms with van der Waals surface area (Å²) in [5, 5.41) is 0. The predicted molar refractivity (Wildman–Crippen MR) is 60.0 cm³/mol. The molecule has 78 valence electrons. The largest absolute Gasteiger partial charge is 0.381 e. The lowest BCUT2D eigenvalue weighted by atomic mass is 10.1. The molecular weight excluding hydrogens is 188 g/mol. The number of hydrogen-bond donors (Lipinski definition) is 0. The van der Waals surface area contributed by atoms with Gasteiger partial charge in [-0.05, 0) is 23.6 Å². The number of carbonyl (C=O) groups excluding carboxylic acids is 1. The lowest BCUT2D eigenvalue weighted by Gasteiger charge is -1.99. The summed E-state index contributed by atoms with van der Waals surface area (Å²) < 4.78 is 4.92. The third-order valence-corrected chi connectivity index (χ3v) is 2.63. The molecule has 0 atom stereocenters. The maximum absolute atomic E-state index is 11.5. The number of benzene rings is 1. The molecule has 0 saturated carbocycles. The Kier molecular flexibility index (Phi) is 2.97. The van der Waals surface area contributed by atoms with Gasteiger partial charge in [0.2, 0.25) is 0 Å². The number of Topliss-reactive ketones (excluding diaryl/α,β-unsaturated/α-hetero) is 1. The summed E-state index contributed by atoms with van der Waals surface area (Å²) in [6.07, 6.45) is 5.49. The molecule has 2 nitrogen and oxygen atoms in total. The Balaban J connectivity index is 2.22. The Hall–Kier alpha value is -1.41. The molecule has 2 heteroatoms. The van der Waals surface area contributed by atoms with Gasteiger partial charge in [-0.25, -0.2) is 0 Å². The second kappa shape index (κ2) is 4.41. The van der Waals surface area contributed by atoms with E-state index in [1.54, 1.807) is 7.11 Å². The van der Waals surface area contributed by atoms with Gasteiger partial charge in [-0.15, -0.1) is 0 Å². The smallest absolute Gasteiger partial charge is 0.163 e. The van der Waals surface area contributed by atoms with Crippen LogP contribution in [-0.4, -0.2) is 19.5 Å². The van der Waals surface area contributed by atoms with Gasteiger partial charge < -0.3 is 4.74 Å². The first-order valence-electron chi connectivity index (χ1n) is 5.13. The van der Waals surface area contributed by atoms with Crippen LogP contribution in [0.15, 0.2) is 24.3 Å². The van der Waals surface area contributed by atoms with E-state index in [0.29, 0.717) is 13.0 Å². The highest BCUT2D eigenvalue weighted by atomic mass is 16.5. The zero-order valence-corrected chi connectivity index (χ0v) is 8.82. The molecule has 0 heterocycles. The zero-order chi connectivity index (χ0) is 10.7. The molecule has 1 aliphatic carbocycles. The molecule has 1 aromatic rings. The molecule has 1 aromatic carbocycles. The molecule has 0 radical (unpaired) electrons. The van der Waals surface area contributed by atoms with Crippen molar-refractivity contribution < 1.29 is 9.53 Å². The summed E-state index contributed by atoms with van der Waals surface area (Å²) in [4.78, 5) is 11.5. The molecule has 0 aromatic heterocycles. The molecule has 0 saturated heterocycles. The molecule has 0 aliphatic heterocycles. The van der Waals surface area contributed by atoms with E-state index >= 15 is 0 Å². The van der Waals surface area contributed by atoms with Gasteiger partial charge in [0, 0.05) is 19.1 Å². The molecule has 0 unspecified atom stereocenters. The van der Waals surface area contributed by atoms with E-state index in [1.807, 2.05) is 30.4 Å². The topological polar surface area (TPSA) is 26.3 Å². The van der Waals surface area contributed by atoms with Crippen molar-refractivity contribution in [2.24, 2.45) is 0 Å². The average Bonchev–Trinajstić information content (AvgIpc) is 2.61. The first-order valence-corrected chi connectivity index (χ1v) is 5.13. The second-order valence-corrected chi connectivity index (χ2v) is 3.70. The summed E-state index contributed by atoms with van der Waals surface area (Å²) in [6.45, 7) is 0.602. The predicted octanol–water partition coefficient (Wildman–Crippen LogP) is 2.48. The quantitative estimate of drug-likeness (QED) is 0.752. The molecule has 0 spiro atoms. The van der Waals surface area contributed by atoms with Crippen molar-refractivity contribution in [2.75, 3.05) is 13.7 Å². The summed E-state index contributed by atoms with van der Waals surface area (Å²) >= 11 is 0. The van der Waals surface area contributed by atoms with E-state index < -0.39 is 0 Å². The maximum atomic E-state index is 11.5. The highest BCUT2D eigenvalue weighted by molar-refractivity contribution is 6.00. The number of ether oxygens (including phenoxy) is 1. The van der Waals surface area contributed by atoms with Crippen LogP contribution in [0.3, 0.4) is 0 Å². The number of hydrogen-bond acceptors (Lipinski definition) is 2. The van der Waals surface area contributed by atoms with Crippen LogP contribution in [0.4, 0.5) is 0 Å². The highest BCUT2D eigenvalue weighted by Crippen LogP contribution is 2.23. The molecule has 0 N–H and O–H groups in total. The van der Waals surface area contributed by atoms with Crippen LogP contribution in [0.25, 0.3) is 6.08 Å². The van der Waals surface area contributed by atoms with Crippen molar-refractivity contribution in [3.63, 3.8) is 0 Å². The van der Waals surface area contributed by atoms with Gasteiger partial charge in [0.05, 0.1) is 6.61 Å². The van der Waals surface area contributed by atoms with Crippen LogP contribution in [-0.2, 0) is 11.2 Å². The molecule has 0 amide bonds. The van der Waals surface area contributed by atoms with Crippen molar-refractivity contribution in [2.45, 2.75) is 12.8 Å². The third-order valence-electron chi connectivity index (χ3n) is 2.63. The molecule has 15 heavy (non-hydrogen) atoms. The van der Waals surface area contributed by atoms with E-state index in [4.69, 9.17) is 4.74 Å². The molecular formula is C13H14O2. The van der Waals surface area contributed by atoms with Gasteiger partial charge in [-0.1, -0.05) is 24.3 Å². The van der Waals surface area contributed by atoms with Crippen LogP contribution >= 0.6 is 0 Å². The summed E-state index contributed by atoms with van der Waals surface area (Å²) in [5.74, 6) is 0.270. The lowest BCUT2D eigenvalue weighted by Crippen LogP contribution is -1.91. The Morgan fingerprint density at radius 1 is 1.40 bits per heavy atom. The summed E-state index contributed by atoms with van der Waals surface area (Å²) in [5.41, 5.74) is 3.15. The number of rotatable bonds is 3. The zero-order valence-electron chi connectivity index (χ0n) is 8.82. The second-order valence-electron chi connectivity index (χ2n) is 3.70. The molecule has 0 fully saturated rings. The van der Waals surface area contributed by atoms with Gasteiger partial charge in [0.1, 0.15) is 0 Å². The Labute approximate surface area is 89.6 Å². The van der Waals surface area contributed by atoms with Crippen LogP contribution in [0.5, 0.6) is 0 Å². The van der Waals surface area contributed by atoms with Gasteiger partial charge in [-0.3, -0.25) is 4.79 Å². The molecule has 0 bridgehead atoms. The van der Waals surface area contributed by atoms with Gasteiger partial charge in [0.15, 0.2) is 5.78 Å². The van der Waals surface area contributed by atoms with Crippen molar-refractivity contribution in [1.29, 1.82) is 0 Å². The van der Waals surface area contributed by atoms with Crippen LogP contribution < -0.4 is 0 Å². The monoisotopic (exact) mass is 202 g/mol. The fraction of sp³-hybridized carbons (Fsp3) is 0.308. The summed E-state index contributed by atoms with van der Waals surface area (Å²) in [7, 11) is 1.66. The first kappa shape index (κ1) is 10.1. The average molecular weight is 202 g/mol. The maximum Gasteiger partial charge on any atom is 0.163 e. The van der Waals surface area contributed by atoms with Gasteiger partial charge in [-0.2, -0.15) is 0 Å². The third kappa shape index (κ3) is 2.16. The Morgan fingerprint density at radius 3 is 3.07 bits per heavy atom. The van der Waals surface area contributed by atoms with Crippen molar-refractivity contribution in [3.05, 3.63) is 41.0 Å². The minimum Gasteiger partial charge on any atom is -0.381 e. The van der Waals surface area contributed by atoms with Crippen molar-refractivity contribution >= 4 is 11.9 Å². The van der Waals surface area contributed by atoms with Gasteiger partial charge >= 0.3 is 0 Å². The first-order chi connectivity index (χ1) is 7.31. The number of aryl methyl sites for hydroxylation is 1. The standard InChI is InChI=1S/C13H14O2/c1-15-8-2-3-10-4-5-11-6-7-13(14)12(11)9-10/h2-5,9H,6-8H2,1H3/b3-2+. The lowest BCUT2D eigenvalue weighted by molar-refractivity contribution is 0.0994. The SMILES string of the molecule is COC/C=C/c1ccc2c(c1)C(=O)CC2. The summed E-state index contributed by atoms with van der Waals surface area (Å²) in [6, 6.07) is 6.06. The van der Waals surface area contributed by atoms with Crippen LogP contribution in [0.2, 0.25) is 0 Å². The minimum absolute atomic E-state index is 0.270. The minimum atomic E-state index is 0.270. The normalized spacial score (nSPS) is 14.9.